The fraction of sp³-hybridized carbons (Fsp3) is 0.467. The van der Waals surface area contributed by atoms with Gasteiger partial charge in [-0.05, 0) is 61.3 Å². The van der Waals surface area contributed by atoms with E-state index in [0.717, 1.165) is 10.0 Å². The van der Waals surface area contributed by atoms with Crippen molar-refractivity contribution in [3.8, 4) is 0 Å². The lowest BCUT2D eigenvalue weighted by Crippen LogP contribution is -2.48. The highest BCUT2D eigenvalue weighted by atomic mass is 79.9. The van der Waals surface area contributed by atoms with E-state index in [0.29, 0.717) is 5.69 Å². The number of nitrogens with zero attached hydrogens (tertiary/aromatic N) is 1. The number of aryl methyl sites for hydroxylation is 1. The first-order valence-electron chi connectivity index (χ1n) is 6.68. The van der Waals surface area contributed by atoms with Gasteiger partial charge in [0.2, 0.25) is 0 Å². The minimum Gasteiger partial charge on any atom is -0.481 e. The summed E-state index contributed by atoms with van der Waals surface area (Å²) in [6.45, 7) is 7.74. The summed E-state index contributed by atoms with van der Waals surface area (Å²) in [5, 5.41) is 11.6. The molecule has 0 spiro atoms. The summed E-state index contributed by atoms with van der Waals surface area (Å²) >= 11 is 3.41. The zero-order valence-electron chi connectivity index (χ0n) is 12.7. The van der Waals surface area contributed by atoms with Crippen LogP contribution in [0.25, 0.3) is 0 Å². The van der Waals surface area contributed by atoms with E-state index in [2.05, 4.69) is 21.2 Å². The number of carbonyl (C=O) groups is 2. The number of hydrogen-bond acceptors (Lipinski definition) is 2. The monoisotopic (exact) mass is 356 g/mol. The van der Waals surface area contributed by atoms with Gasteiger partial charge in [-0.15, -0.1) is 0 Å². The van der Waals surface area contributed by atoms with E-state index >= 15 is 0 Å². The fourth-order valence-corrected chi connectivity index (χ4v) is 2.45. The Morgan fingerprint density at radius 1 is 1.33 bits per heavy atom. The third kappa shape index (κ3) is 5.38. The molecule has 1 rings (SSSR count). The predicted octanol–water partition coefficient (Wildman–Crippen LogP) is 3.86. The molecule has 0 aliphatic heterocycles. The Bertz CT molecular complexity index is 538. The van der Waals surface area contributed by atoms with Crippen molar-refractivity contribution in [2.45, 2.75) is 39.7 Å². The minimum absolute atomic E-state index is 0.0836. The average molecular weight is 357 g/mol. The Balaban J connectivity index is 2.88. The maximum atomic E-state index is 12.4. The van der Waals surface area contributed by atoms with E-state index in [4.69, 9.17) is 5.11 Å². The molecule has 5 nitrogen and oxygen atoms in total. The predicted molar refractivity (Wildman–Crippen MR) is 86.6 cm³/mol. The van der Waals surface area contributed by atoms with Crippen molar-refractivity contribution in [3.63, 3.8) is 0 Å². The van der Waals surface area contributed by atoms with E-state index in [-0.39, 0.29) is 19.0 Å². The third-order valence-corrected chi connectivity index (χ3v) is 3.63. The van der Waals surface area contributed by atoms with Crippen LogP contribution >= 0.6 is 15.9 Å². The van der Waals surface area contributed by atoms with E-state index in [1.165, 1.54) is 4.90 Å². The lowest BCUT2D eigenvalue weighted by molar-refractivity contribution is -0.137. The molecule has 0 saturated carbocycles. The van der Waals surface area contributed by atoms with Crippen molar-refractivity contribution >= 4 is 33.6 Å². The number of rotatable bonds is 4. The maximum Gasteiger partial charge on any atom is 0.322 e. The van der Waals surface area contributed by atoms with Crippen LogP contribution < -0.4 is 5.32 Å². The number of aliphatic carboxylic acids is 1. The molecule has 116 valence electrons. The summed E-state index contributed by atoms with van der Waals surface area (Å²) in [5.41, 5.74) is 1.28. The molecule has 2 amide bonds. The molecule has 0 radical (unpaired) electrons. The number of urea groups is 1. The van der Waals surface area contributed by atoms with Crippen molar-refractivity contribution < 1.29 is 14.7 Å². The number of amides is 2. The van der Waals surface area contributed by atoms with Crippen molar-refractivity contribution in [3.05, 3.63) is 28.2 Å². The van der Waals surface area contributed by atoms with Gasteiger partial charge < -0.3 is 15.3 Å². The van der Waals surface area contributed by atoms with Crippen LogP contribution in [0.5, 0.6) is 0 Å². The van der Waals surface area contributed by atoms with E-state index in [1.54, 1.807) is 0 Å². The molecular formula is C15H21BrN2O3. The maximum absolute atomic E-state index is 12.4. The van der Waals surface area contributed by atoms with Gasteiger partial charge in [0.1, 0.15) is 0 Å². The lowest BCUT2D eigenvalue weighted by atomic mass is 10.1. The Labute approximate surface area is 133 Å². The van der Waals surface area contributed by atoms with E-state index in [1.807, 2.05) is 45.9 Å². The normalized spacial score (nSPS) is 11.1. The highest BCUT2D eigenvalue weighted by Gasteiger charge is 2.27. The fourth-order valence-electron chi connectivity index (χ4n) is 1.85. The first kappa shape index (κ1) is 17.5. The standard InChI is InChI=1S/C15H21BrN2O3/c1-10-5-6-12(11(16)9-10)17-14(21)18(15(2,3)4)8-7-13(19)20/h5-6,9H,7-8H2,1-4H3,(H,17,21)(H,19,20). The van der Waals surface area contributed by atoms with Crippen LogP contribution in [0.15, 0.2) is 22.7 Å². The number of carbonyl (C=O) groups excluding carboxylic acids is 1. The molecule has 6 heteroatoms. The summed E-state index contributed by atoms with van der Waals surface area (Å²) in [5.74, 6) is -0.923. The molecule has 0 aromatic heterocycles. The van der Waals surface area contributed by atoms with Gasteiger partial charge in [-0.25, -0.2) is 4.79 Å². The molecule has 0 fully saturated rings. The minimum atomic E-state index is -0.923. The molecule has 0 atom stereocenters. The summed E-state index contributed by atoms with van der Waals surface area (Å²) in [6.07, 6.45) is -0.0836. The third-order valence-electron chi connectivity index (χ3n) is 2.97. The number of nitrogens with one attached hydrogen (secondary N) is 1. The highest BCUT2D eigenvalue weighted by Crippen LogP contribution is 2.25. The molecule has 0 saturated heterocycles. The second-order valence-corrected chi connectivity index (χ2v) is 6.73. The smallest absolute Gasteiger partial charge is 0.322 e. The summed E-state index contributed by atoms with van der Waals surface area (Å²) in [7, 11) is 0. The molecule has 1 aromatic carbocycles. The van der Waals surface area contributed by atoms with Gasteiger partial charge in [0, 0.05) is 16.6 Å². The van der Waals surface area contributed by atoms with Gasteiger partial charge in [0.25, 0.3) is 0 Å². The van der Waals surface area contributed by atoms with E-state index in [9.17, 15) is 9.59 Å². The Morgan fingerprint density at radius 2 is 1.95 bits per heavy atom. The molecule has 0 aliphatic carbocycles. The first-order valence-corrected chi connectivity index (χ1v) is 7.47. The Hall–Kier alpha value is -1.56. The molecule has 21 heavy (non-hydrogen) atoms. The quantitative estimate of drug-likeness (QED) is 0.860. The van der Waals surface area contributed by atoms with Crippen LogP contribution in [0.1, 0.15) is 32.8 Å². The van der Waals surface area contributed by atoms with Gasteiger partial charge in [0.05, 0.1) is 12.1 Å². The average Bonchev–Trinajstić information content (AvgIpc) is 2.30. The van der Waals surface area contributed by atoms with Crippen LogP contribution in [0.4, 0.5) is 10.5 Å². The number of halogens is 1. The topological polar surface area (TPSA) is 69.6 Å². The van der Waals surface area contributed by atoms with Crippen molar-refractivity contribution in [2.24, 2.45) is 0 Å². The van der Waals surface area contributed by atoms with E-state index < -0.39 is 11.5 Å². The van der Waals surface area contributed by atoms with Crippen molar-refractivity contribution in [2.75, 3.05) is 11.9 Å². The van der Waals surface area contributed by atoms with Crippen molar-refractivity contribution in [1.82, 2.24) is 4.90 Å². The van der Waals surface area contributed by atoms with Crippen LogP contribution in [0, 0.1) is 6.92 Å². The molecule has 0 aliphatic rings. The SMILES string of the molecule is Cc1ccc(NC(=O)N(CCC(=O)O)C(C)(C)C)c(Br)c1. The summed E-state index contributed by atoms with van der Waals surface area (Å²) in [4.78, 5) is 24.7. The number of benzene rings is 1. The number of carboxylic acid groups (broad SMARTS) is 1. The first-order chi connectivity index (χ1) is 9.61. The molecule has 0 bridgehead atoms. The van der Waals surface area contributed by atoms with Crippen LogP contribution in [0.3, 0.4) is 0 Å². The van der Waals surface area contributed by atoms with Gasteiger partial charge in [-0.1, -0.05) is 6.07 Å². The molecule has 0 unspecified atom stereocenters. The largest absolute Gasteiger partial charge is 0.481 e. The molecular weight excluding hydrogens is 336 g/mol. The van der Waals surface area contributed by atoms with Gasteiger partial charge >= 0.3 is 12.0 Å². The highest BCUT2D eigenvalue weighted by molar-refractivity contribution is 9.10. The zero-order valence-corrected chi connectivity index (χ0v) is 14.3. The van der Waals surface area contributed by atoms with Crippen LogP contribution in [-0.4, -0.2) is 34.1 Å². The van der Waals surface area contributed by atoms with Crippen molar-refractivity contribution in [1.29, 1.82) is 0 Å². The molecule has 2 N–H and O–H groups in total. The number of anilines is 1. The summed E-state index contributed by atoms with van der Waals surface area (Å²) < 4.78 is 0.794. The number of carboxylic acids is 1. The van der Waals surface area contributed by atoms with Gasteiger partial charge in [0.15, 0.2) is 0 Å². The number of hydrogen-bond donors (Lipinski definition) is 2. The Morgan fingerprint density at radius 3 is 2.43 bits per heavy atom. The Kier molecular flexibility index (Phi) is 5.78. The van der Waals surface area contributed by atoms with Crippen LogP contribution in [0.2, 0.25) is 0 Å². The lowest BCUT2D eigenvalue weighted by Gasteiger charge is -2.35. The molecule has 0 heterocycles. The molecule has 1 aromatic rings. The summed E-state index contributed by atoms with van der Waals surface area (Å²) in [6, 6.07) is 5.32. The van der Waals surface area contributed by atoms with Gasteiger partial charge in [-0.2, -0.15) is 0 Å². The second-order valence-electron chi connectivity index (χ2n) is 5.88. The zero-order chi connectivity index (χ0) is 16.2. The second kappa shape index (κ2) is 6.93. The van der Waals surface area contributed by atoms with Crippen LogP contribution in [-0.2, 0) is 4.79 Å². The van der Waals surface area contributed by atoms with Gasteiger partial charge in [-0.3, -0.25) is 4.79 Å².